The van der Waals surface area contributed by atoms with Crippen LogP contribution in [0.25, 0.3) is 0 Å². The summed E-state index contributed by atoms with van der Waals surface area (Å²) in [5.74, 6) is -2.42. The second kappa shape index (κ2) is 14.1. The van der Waals surface area contributed by atoms with E-state index in [-0.39, 0.29) is 5.56 Å². The number of phenols is 3. The smallest absolute Gasteiger partial charge is 0.339 e. The third-order valence-corrected chi connectivity index (χ3v) is 4.83. The minimum absolute atomic E-state index is 0.00742. The van der Waals surface area contributed by atoms with Gasteiger partial charge >= 0.3 is 5.97 Å². The molecule has 1 aromatic rings. The molecule has 0 aliphatic heterocycles. The minimum atomic E-state index is -0.659. The van der Waals surface area contributed by atoms with Crippen LogP contribution in [0.15, 0.2) is 12.1 Å². The standard InChI is InChI=1S/C22H37NO5/c1-3-5-6-7-8-9-10-11-12-13-14-23-20(4-2)28-22(27)17-15-18(24)21(26)19(25)16-17/h15-16,20,23-26H,3-14H2,1-2H3. The molecule has 0 aliphatic rings. The number of benzene rings is 1. The zero-order chi connectivity index (χ0) is 20.8. The van der Waals surface area contributed by atoms with Crippen molar-refractivity contribution < 1.29 is 24.9 Å². The first-order valence-corrected chi connectivity index (χ1v) is 10.7. The molecule has 4 N–H and O–H groups in total. The summed E-state index contributed by atoms with van der Waals surface area (Å²) >= 11 is 0. The van der Waals surface area contributed by atoms with E-state index in [9.17, 15) is 20.1 Å². The van der Waals surface area contributed by atoms with Crippen molar-refractivity contribution in [3.8, 4) is 17.2 Å². The first-order chi connectivity index (χ1) is 13.5. The van der Waals surface area contributed by atoms with Gasteiger partial charge in [0.25, 0.3) is 0 Å². The number of aromatic hydroxyl groups is 3. The number of esters is 1. The van der Waals surface area contributed by atoms with Crippen LogP contribution in [-0.2, 0) is 4.74 Å². The summed E-state index contributed by atoms with van der Waals surface area (Å²) in [6.07, 6.45) is 12.9. The highest BCUT2D eigenvalue weighted by Gasteiger charge is 2.17. The topological polar surface area (TPSA) is 99.0 Å². The molecule has 6 nitrogen and oxygen atoms in total. The van der Waals surface area contributed by atoms with Gasteiger partial charge in [0.05, 0.1) is 5.56 Å². The molecule has 0 heterocycles. The second-order valence-electron chi connectivity index (χ2n) is 7.30. The van der Waals surface area contributed by atoms with E-state index in [1.165, 1.54) is 51.4 Å². The molecule has 0 aliphatic carbocycles. The normalized spacial score (nSPS) is 12.1. The van der Waals surface area contributed by atoms with Gasteiger partial charge in [-0.05, 0) is 31.5 Å². The van der Waals surface area contributed by atoms with E-state index >= 15 is 0 Å². The molecular weight excluding hydrogens is 358 g/mol. The molecule has 1 atom stereocenters. The SMILES string of the molecule is CCCCCCCCCCCCNC(CC)OC(=O)c1cc(O)c(O)c(O)c1. The zero-order valence-corrected chi connectivity index (χ0v) is 17.4. The number of hydrogen-bond acceptors (Lipinski definition) is 6. The Kier molecular flexibility index (Phi) is 12.1. The molecule has 0 spiro atoms. The molecule has 28 heavy (non-hydrogen) atoms. The summed E-state index contributed by atoms with van der Waals surface area (Å²) in [5.41, 5.74) is -0.00742. The summed E-state index contributed by atoms with van der Waals surface area (Å²) in [6, 6.07) is 2.15. The van der Waals surface area contributed by atoms with Crippen LogP contribution < -0.4 is 5.32 Å². The molecule has 0 aromatic heterocycles. The second-order valence-corrected chi connectivity index (χ2v) is 7.30. The summed E-state index contributed by atoms with van der Waals surface area (Å²) < 4.78 is 5.37. The lowest BCUT2D eigenvalue weighted by atomic mass is 10.1. The van der Waals surface area contributed by atoms with Crippen LogP contribution in [0.5, 0.6) is 17.2 Å². The predicted molar refractivity (Wildman–Crippen MR) is 111 cm³/mol. The minimum Gasteiger partial charge on any atom is -0.504 e. The van der Waals surface area contributed by atoms with Gasteiger partial charge in [-0.15, -0.1) is 0 Å². The maximum absolute atomic E-state index is 12.2. The third kappa shape index (κ3) is 9.31. The van der Waals surface area contributed by atoms with Crippen molar-refractivity contribution in [3.05, 3.63) is 17.7 Å². The Morgan fingerprint density at radius 2 is 1.39 bits per heavy atom. The fraction of sp³-hybridized carbons (Fsp3) is 0.682. The molecule has 1 unspecified atom stereocenters. The van der Waals surface area contributed by atoms with E-state index in [4.69, 9.17) is 4.74 Å². The fourth-order valence-electron chi connectivity index (χ4n) is 3.06. The van der Waals surface area contributed by atoms with Crippen LogP contribution in [0.4, 0.5) is 0 Å². The summed E-state index contributed by atoms with van der Waals surface area (Å²) in [6.45, 7) is 4.92. The Morgan fingerprint density at radius 3 is 1.89 bits per heavy atom. The molecule has 0 bridgehead atoms. The van der Waals surface area contributed by atoms with Gasteiger partial charge in [0.2, 0.25) is 0 Å². The molecule has 6 heteroatoms. The lowest BCUT2D eigenvalue weighted by Gasteiger charge is -2.18. The maximum atomic E-state index is 12.2. The van der Waals surface area contributed by atoms with Crippen molar-refractivity contribution >= 4 is 5.97 Å². The van der Waals surface area contributed by atoms with Crippen LogP contribution in [0.2, 0.25) is 0 Å². The van der Waals surface area contributed by atoms with Crippen molar-refractivity contribution in [1.82, 2.24) is 5.32 Å². The molecule has 0 amide bonds. The Hall–Kier alpha value is -1.95. The third-order valence-electron chi connectivity index (χ3n) is 4.83. The van der Waals surface area contributed by atoms with Gasteiger partial charge in [-0.3, -0.25) is 5.32 Å². The molecular formula is C22H37NO5. The molecule has 0 saturated heterocycles. The van der Waals surface area contributed by atoms with E-state index in [0.29, 0.717) is 6.42 Å². The quantitative estimate of drug-likeness (QED) is 0.141. The number of rotatable bonds is 15. The largest absolute Gasteiger partial charge is 0.504 e. The van der Waals surface area contributed by atoms with Gasteiger partial charge in [-0.1, -0.05) is 71.6 Å². The number of nitrogens with one attached hydrogen (secondary N) is 1. The molecule has 0 fully saturated rings. The van der Waals surface area contributed by atoms with E-state index < -0.39 is 29.4 Å². The number of hydrogen-bond donors (Lipinski definition) is 4. The lowest BCUT2D eigenvalue weighted by Crippen LogP contribution is -2.34. The summed E-state index contributed by atoms with van der Waals surface area (Å²) in [4.78, 5) is 12.2. The van der Waals surface area contributed by atoms with Crippen LogP contribution in [0, 0.1) is 0 Å². The molecule has 0 radical (unpaired) electrons. The fourth-order valence-corrected chi connectivity index (χ4v) is 3.06. The van der Waals surface area contributed by atoms with Crippen molar-refractivity contribution in [2.24, 2.45) is 0 Å². The van der Waals surface area contributed by atoms with Crippen LogP contribution in [0.1, 0.15) is 94.8 Å². The van der Waals surface area contributed by atoms with Crippen molar-refractivity contribution in [3.63, 3.8) is 0 Å². The monoisotopic (exact) mass is 395 g/mol. The van der Waals surface area contributed by atoms with Crippen molar-refractivity contribution in [2.75, 3.05) is 6.54 Å². The van der Waals surface area contributed by atoms with Crippen LogP contribution in [-0.4, -0.2) is 34.1 Å². The highest BCUT2D eigenvalue weighted by molar-refractivity contribution is 5.91. The molecule has 1 aromatic carbocycles. The van der Waals surface area contributed by atoms with Crippen LogP contribution >= 0.6 is 0 Å². The van der Waals surface area contributed by atoms with Gasteiger partial charge in [0.15, 0.2) is 23.5 Å². The Morgan fingerprint density at radius 1 is 0.893 bits per heavy atom. The highest BCUT2D eigenvalue weighted by atomic mass is 16.6. The number of carbonyl (C=O) groups is 1. The Labute approximate surface area is 168 Å². The first kappa shape index (κ1) is 24.1. The Balaban J connectivity index is 2.19. The molecule has 160 valence electrons. The van der Waals surface area contributed by atoms with Gasteiger partial charge < -0.3 is 20.1 Å². The molecule has 1 rings (SSSR count). The summed E-state index contributed by atoms with van der Waals surface area (Å²) in [7, 11) is 0. The summed E-state index contributed by atoms with van der Waals surface area (Å²) in [5, 5.41) is 31.6. The number of phenolic OH excluding ortho intramolecular Hbond substituents is 3. The maximum Gasteiger partial charge on any atom is 0.339 e. The average Bonchev–Trinajstić information content (AvgIpc) is 2.68. The first-order valence-electron chi connectivity index (χ1n) is 10.7. The van der Waals surface area contributed by atoms with E-state index in [2.05, 4.69) is 12.2 Å². The highest BCUT2D eigenvalue weighted by Crippen LogP contribution is 2.35. The predicted octanol–water partition coefficient (Wildman–Crippen LogP) is 5.21. The van der Waals surface area contributed by atoms with Gasteiger partial charge in [0, 0.05) is 0 Å². The number of ether oxygens (including phenoxy) is 1. The van der Waals surface area contributed by atoms with E-state index in [0.717, 1.165) is 31.5 Å². The number of unbranched alkanes of at least 4 members (excludes halogenated alkanes) is 9. The van der Waals surface area contributed by atoms with Crippen LogP contribution in [0.3, 0.4) is 0 Å². The zero-order valence-electron chi connectivity index (χ0n) is 17.4. The number of carbonyl (C=O) groups excluding carboxylic acids is 1. The van der Waals surface area contributed by atoms with E-state index in [1.54, 1.807) is 0 Å². The van der Waals surface area contributed by atoms with Gasteiger partial charge in [0.1, 0.15) is 0 Å². The van der Waals surface area contributed by atoms with E-state index in [1.807, 2.05) is 6.92 Å². The molecule has 0 saturated carbocycles. The lowest BCUT2D eigenvalue weighted by molar-refractivity contribution is 0.0204. The Bertz CT molecular complexity index is 553. The van der Waals surface area contributed by atoms with Gasteiger partial charge in [-0.2, -0.15) is 0 Å². The van der Waals surface area contributed by atoms with Gasteiger partial charge in [-0.25, -0.2) is 4.79 Å². The average molecular weight is 396 g/mol. The van der Waals surface area contributed by atoms with Crippen molar-refractivity contribution in [2.45, 2.75) is 90.7 Å². The van der Waals surface area contributed by atoms with Crippen molar-refractivity contribution in [1.29, 1.82) is 0 Å².